The predicted octanol–water partition coefficient (Wildman–Crippen LogP) is 2.47. The molecule has 0 saturated carbocycles. The van der Waals surface area contributed by atoms with Crippen molar-refractivity contribution in [1.29, 1.82) is 0 Å². The summed E-state index contributed by atoms with van der Waals surface area (Å²) in [5.74, 6) is -2.11. The Morgan fingerprint density at radius 3 is 2.15 bits per heavy atom. The highest BCUT2D eigenvalue weighted by atomic mass is 79.9. The largest absolute Gasteiger partial charge is 0.494 e. The van der Waals surface area contributed by atoms with Crippen LogP contribution in [0.2, 0.25) is 0 Å². The van der Waals surface area contributed by atoms with E-state index in [2.05, 4.69) is 36.0 Å². The molecular weight excluding hydrogens is 424 g/mol. The molecule has 0 aliphatic carbocycles. The Morgan fingerprint density at radius 2 is 1.80 bits per heavy atom. The minimum Gasteiger partial charge on any atom is -0.494 e. The molecular formula is C10H8Br2O7S. The van der Waals surface area contributed by atoms with Gasteiger partial charge >= 0.3 is 16.4 Å². The molecule has 0 heterocycles. The Hall–Kier alpha value is -1.10. The van der Waals surface area contributed by atoms with Crippen LogP contribution >= 0.6 is 31.9 Å². The fourth-order valence-electron chi connectivity index (χ4n) is 1.24. The second-order valence-electron chi connectivity index (χ2n) is 3.34. The molecule has 0 spiro atoms. The Morgan fingerprint density at radius 1 is 1.30 bits per heavy atom. The van der Waals surface area contributed by atoms with Crippen molar-refractivity contribution < 1.29 is 31.8 Å². The molecule has 7 nitrogen and oxygen atoms in total. The highest BCUT2D eigenvalue weighted by Gasteiger charge is 2.17. The summed E-state index contributed by atoms with van der Waals surface area (Å²) in [7, 11) is -3.47. The lowest BCUT2D eigenvalue weighted by Crippen LogP contribution is -2.10. The minimum atomic E-state index is -4.92. The fraction of sp³-hybridized carbons (Fsp3) is 0.100. The van der Waals surface area contributed by atoms with E-state index < -0.39 is 22.1 Å². The Kier molecular flexibility index (Phi) is 5.57. The first-order valence-corrected chi connectivity index (χ1v) is 7.74. The first kappa shape index (κ1) is 17.0. The molecule has 0 aliphatic rings. The highest BCUT2D eigenvalue weighted by Crippen LogP contribution is 2.35. The summed E-state index contributed by atoms with van der Waals surface area (Å²) in [4.78, 5) is 10.9. The SMILES string of the molecule is COc1c(Br)cc(/C=C(\OS(=O)(=O)O)C(=O)O)cc1Br. The zero-order chi connectivity index (χ0) is 15.5. The molecule has 110 valence electrons. The van der Waals surface area contributed by atoms with Crippen molar-refractivity contribution in [3.05, 3.63) is 32.4 Å². The maximum atomic E-state index is 10.9. The number of methoxy groups -OCH3 is 1. The lowest BCUT2D eigenvalue weighted by Gasteiger charge is -2.08. The molecule has 10 heteroatoms. The molecule has 0 radical (unpaired) electrons. The third-order valence-electron chi connectivity index (χ3n) is 1.93. The van der Waals surface area contributed by atoms with Gasteiger partial charge in [-0.05, 0) is 55.6 Å². The van der Waals surface area contributed by atoms with Gasteiger partial charge < -0.3 is 14.0 Å². The number of hydrogen-bond donors (Lipinski definition) is 2. The van der Waals surface area contributed by atoms with E-state index in [-0.39, 0.29) is 0 Å². The van der Waals surface area contributed by atoms with E-state index in [4.69, 9.17) is 14.4 Å². The Labute approximate surface area is 131 Å². The molecule has 0 amide bonds. The average molecular weight is 432 g/mol. The molecule has 0 atom stereocenters. The topological polar surface area (TPSA) is 110 Å². The number of rotatable bonds is 5. The molecule has 0 fully saturated rings. The van der Waals surface area contributed by atoms with Crippen LogP contribution in [-0.4, -0.2) is 31.2 Å². The van der Waals surface area contributed by atoms with Crippen molar-refractivity contribution in [3.8, 4) is 5.75 Å². The van der Waals surface area contributed by atoms with Crippen LogP contribution in [0.3, 0.4) is 0 Å². The smallest absolute Gasteiger partial charge is 0.446 e. The number of aliphatic carboxylic acids is 1. The third kappa shape index (κ3) is 4.78. The average Bonchev–Trinajstić information content (AvgIpc) is 2.25. The zero-order valence-electron chi connectivity index (χ0n) is 9.83. The number of carboxylic acids is 1. The second-order valence-corrected chi connectivity index (χ2v) is 6.07. The minimum absolute atomic E-state index is 0.311. The number of carboxylic acid groups (broad SMARTS) is 1. The zero-order valence-corrected chi connectivity index (χ0v) is 13.8. The van der Waals surface area contributed by atoms with Crippen molar-refractivity contribution in [1.82, 2.24) is 0 Å². The molecule has 1 aromatic carbocycles. The van der Waals surface area contributed by atoms with Crippen LogP contribution in [0.4, 0.5) is 0 Å². The number of carbonyl (C=O) groups is 1. The molecule has 0 bridgehead atoms. The quantitative estimate of drug-likeness (QED) is 0.418. The van der Waals surface area contributed by atoms with Crippen LogP contribution in [0.25, 0.3) is 6.08 Å². The molecule has 0 saturated heterocycles. The van der Waals surface area contributed by atoms with Gasteiger partial charge in [0.15, 0.2) is 0 Å². The second kappa shape index (κ2) is 6.57. The van der Waals surface area contributed by atoms with Crippen LogP contribution < -0.4 is 4.74 Å². The van der Waals surface area contributed by atoms with Crippen LogP contribution in [0.5, 0.6) is 5.75 Å². The summed E-state index contributed by atoms with van der Waals surface area (Å²) < 4.78 is 39.7. The van der Waals surface area contributed by atoms with Crippen molar-refractivity contribution in [3.63, 3.8) is 0 Å². The van der Waals surface area contributed by atoms with Crippen molar-refractivity contribution in [2.75, 3.05) is 7.11 Å². The van der Waals surface area contributed by atoms with Gasteiger partial charge in [-0.1, -0.05) is 0 Å². The maximum absolute atomic E-state index is 10.9. The van der Waals surface area contributed by atoms with E-state index in [0.29, 0.717) is 20.3 Å². The van der Waals surface area contributed by atoms with Crippen LogP contribution in [-0.2, 0) is 19.4 Å². The van der Waals surface area contributed by atoms with E-state index in [1.54, 1.807) is 0 Å². The molecule has 1 aromatic rings. The van der Waals surface area contributed by atoms with Gasteiger partial charge in [0.05, 0.1) is 16.1 Å². The van der Waals surface area contributed by atoms with E-state index in [9.17, 15) is 13.2 Å². The first-order chi connectivity index (χ1) is 9.14. The van der Waals surface area contributed by atoms with E-state index in [1.807, 2.05) is 0 Å². The van der Waals surface area contributed by atoms with E-state index >= 15 is 0 Å². The Balaban J connectivity index is 3.29. The van der Waals surface area contributed by atoms with Gasteiger partial charge in [0.2, 0.25) is 5.76 Å². The van der Waals surface area contributed by atoms with Gasteiger partial charge in [-0.3, -0.25) is 4.55 Å². The third-order valence-corrected chi connectivity index (χ3v) is 3.50. The summed E-state index contributed by atoms with van der Waals surface area (Å²) in [5, 5.41) is 8.82. The molecule has 20 heavy (non-hydrogen) atoms. The summed E-state index contributed by atoms with van der Waals surface area (Å²) in [6.45, 7) is 0. The molecule has 0 aromatic heterocycles. The number of halogens is 2. The van der Waals surface area contributed by atoms with Gasteiger partial charge in [0, 0.05) is 0 Å². The normalized spacial score (nSPS) is 12.1. The number of benzene rings is 1. The van der Waals surface area contributed by atoms with Gasteiger partial charge in [0.25, 0.3) is 0 Å². The molecule has 2 N–H and O–H groups in total. The van der Waals surface area contributed by atoms with E-state index in [0.717, 1.165) is 6.08 Å². The van der Waals surface area contributed by atoms with E-state index in [1.165, 1.54) is 19.2 Å². The first-order valence-electron chi connectivity index (χ1n) is 4.79. The summed E-state index contributed by atoms with van der Waals surface area (Å²) in [6.07, 6.45) is 0.936. The van der Waals surface area contributed by atoms with Gasteiger partial charge in [-0.15, -0.1) is 0 Å². The summed E-state index contributed by atoms with van der Waals surface area (Å²) in [6, 6.07) is 2.97. The van der Waals surface area contributed by atoms with Crippen molar-refractivity contribution in [2.24, 2.45) is 0 Å². The highest BCUT2D eigenvalue weighted by molar-refractivity contribution is 9.11. The fourth-order valence-corrected chi connectivity index (χ4v) is 3.14. The summed E-state index contributed by atoms with van der Waals surface area (Å²) >= 11 is 6.41. The van der Waals surface area contributed by atoms with Crippen molar-refractivity contribution >= 4 is 54.3 Å². The van der Waals surface area contributed by atoms with Crippen LogP contribution in [0.1, 0.15) is 5.56 Å². The standard InChI is InChI=1S/C10H8Br2O7S/c1-18-9-6(11)2-5(3-7(9)12)4-8(10(13)14)19-20(15,16)17/h2-4H,1H3,(H,13,14)(H,15,16,17)/b8-4-. The van der Waals surface area contributed by atoms with Gasteiger partial charge in [-0.25, -0.2) is 4.79 Å². The van der Waals surface area contributed by atoms with Crippen LogP contribution in [0, 0.1) is 0 Å². The van der Waals surface area contributed by atoms with Gasteiger partial charge in [0.1, 0.15) is 5.75 Å². The molecule has 0 unspecified atom stereocenters. The number of ether oxygens (including phenoxy) is 1. The number of hydrogen-bond acceptors (Lipinski definition) is 5. The lowest BCUT2D eigenvalue weighted by molar-refractivity contribution is -0.135. The van der Waals surface area contributed by atoms with Crippen molar-refractivity contribution in [2.45, 2.75) is 0 Å². The monoisotopic (exact) mass is 430 g/mol. The predicted molar refractivity (Wildman–Crippen MR) is 76.6 cm³/mol. The molecule has 1 rings (SSSR count). The Bertz CT molecular complexity index is 643. The lowest BCUT2D eigenvalue weighted by atomic mass is 10.2. The maximum Gasteiger partial charge on any atom is 0.446 e. The van der Waals surface area contributed by atoms with Gasteiger partial charge in [-0.2, -0.15) is 8.42 Å². The summed E-state index contributed by atoms with van der Waals surface area (Å²) in [5.41, 5.74) is 0.311. The molecule has 0 aliphatic heterocycles. The van der Waals surface area contributed by atoms with Crippen LogP contribution in [0.15, 0.2) is 26.8 Å².